The molecular weight excluding hydrogens is 636 g/mol. The number of rotatable bonds is 9. The van der Waals surface area contributed by atoms with Gasteiger partial charge >= 0.3 is 0 Å². The SMILES string of the molecule is CC(C)(C)[Si](C)(C)OC[C@H]1C[C@@H](O[Si](C)(C)C(C)(C)C)CC[C@]1(C)C1CC[C@]2(C)C(=C(Cl)Cl)CCC2[C@@H]1COS(C)(=O)=O. The lowest BCUT2D eigenvalue weighted by atomic mass is 9.49. The highest BCUT2D eigenvalue weighted by Crippen LogP contribution is 2.65. The number of allylic oxidation sites excluding steroid dienone is 1. The predicted octanol–water partition coefficient (Wildman–Crippen LogP) is 10.3. The van der Waals surface area contributed by atoms with E-state index in [9.17, 15) is 8.42 Å². The average Bonchev–Trinajstić information content (AvgIpc) is 3.18. The van der Waals surface area contributed by atoms with Gasteiger partial charge in [-0.1, -0.05) is 78.6 Å². The van der Waals surface area contributed by atoms with Crippen molar-refractivity contribution in [3.05, 3.63) is 10.1 Å². The maximum atomic E-state index is 12.3. The van der Waals surface area contributed by atoms with Crippen molar-refractivity contribution in [2.24, 2.45) is 34.5 Å². The second-order valence-corrected chi connectivity index (χ2v) is 29.8. The van der Waals surface area contributed by atoms with Crippen LogP contribution in [0.25, 0.3) is 0 Å². The Morgan fingerprint density at radius 2 is 1.47 bits per heavy atom. The van der Waals surface area contributed by atoms with Crippen LogP contribution in [0.4, 0.5) is 0 Å². The first-order valence-electron chi connectivity index (χ1n) is 16.5. The Morgan fingerprint density at radius 1 is 0.884 bits per heavy atom. The summed E-state index contributed by atoms with van der Waals surface area (Å²) in [6.07, 6.45) is 8.26. The lowest BCUT2D eigenvalue weighted by Crippen LogP contribution is -2.55. The van der Waals surface area contributed by atoms with Gasteiger partial charge in [0.15, 0.2) is 16.6 Å². The monoisotopic (exact) mass is 696 g/mol. The van der Waals surface area contributed by atoms with Crippen LogP contribution in [0, 0.1) is 34.5 Å². The molecule has 10 heteroatoms. The topological polar surface area (TPSA) is 61.8 Å². The van der Waals surface area contributed by atoms with Gasteiger partial charge in [-0.05, 0) is 121 Å². The molecule has 0 aromatic heterocycles. The molecule has 3 aliphatic carbocycles. The summed E-state index contributed by atoms with van der Waals surface area (Å²) < 4.78 is 44.7. The minimum Gasteiger partial charge on any atom is -0.417 e. The van der Waals surface area contributed by atoms with Crippen LogP contribution in [0.3, 0.4) is 0 Å². The molecule has 0 bridgehead atoms. The highest BCUT2D eigenvalue weighted by molar-refractivity contribution is 7.85. The van der Waals surface area contributed by atoms with Gasteiger partial charge in [0.25, 0.3) is 10.1 Å². The second kappa shape index (κ2) is 12.9. The number of hydrogen-bond donors (Lipinski definition) is 0. The number of hydrogen-bond acceptors (Lipinski definition) is 5. The molecule has 0 heterocycles. The van der Waals surface area contributed by atoms with Crippen molar-refractivity contribution in [3.63, 3.8) is 0 Å². The van der Waals surface area contributed by atoms with E-state index >= 15 is 0 Å². The summed E-state index contributed by atoms with van der Waals surface area (Å²) in [5.74, 6) is 0.989. The standard InChI is InChI=1S/C33H62Cl2O5SSi2/c1-30(2,3)42(10,11)39-21-23-20-24(40-43(12,13)31(4,5)6)16-18-32(23,7)27-17-19-33(8)26(14-15-28(33)29(34)35)25(27)22-38-41(9,36)37/h23-27H,14-22H2,1-13H3/t23-,24+,25+,26?,27?,32+,33+/m1/s1. The fourth-order valence-corrected chi connectivity index (χ4v) is 11.5. The zero-order valence-corrected chi connectivity index (χ0v) is 33.8. The molecule has 0 aromatic rings. The Bertz CT molecular complexity index is 1140. The van der Waals surface area contributed by atoms with Gasteiger partial charge in [0.05, 0.1) is 12.9 Å². The first-order valence-corrected chi connectivity index (χ1v) is 24.8. The Kier molecular flexibility index (Phi) is 11.4. The minimum absolute atomic E-state index is 0.0280. The molecule has 252 valence electrons. The van der Waals surface area contributed by atoms with Crippen LogP contribution in [0.2, 0.25) is 36.3 Å². The van der Waals surface area contributed by atoms with E-state index in [0.717, 1.165) is 57.1 Å². The van der Waals surface area contributed by atoms with E-state index in [-0.39, 0.29) is 45.5 Å². The molecular formula is C33H62Cl2O5SSi2. The van der Waals surface area contributed by atoms with Gasteiger partial charge in [0.1, 0.15) is 4.49 Å². The van der Waals surface area contributed by atoms with Gasteiger partial charge in [0.2, 0.25) is 0 Å². The van der Waals surface area contributed by atoms with Gasteiger partial charge in [-0.25, -0.2) is 0 Å². The molecule has 3 rings (SSSR count). The molecule has 0 amide bonds. The summed E-state index contributed by atoms with van der Waals surface area (Å²) in [5, 5.41) is 0.279. The van der Waals surface area contributed by atoms with E-state index in [1.807, 2.05) is 0 Å². The van der Waals surface area contributed by atoms with E-state index < -0.39 is 26.8 Å². The molecule has 5 nitrogen and oxygen atoms in total. The maximum absolute atomic E-state index is 12.3. The van der Waals surface area contributed by atoms with Gasteiger partial charge in [-0.15, -0.1) is 0 Å². The largest absolute Gasteiger partial charge is 0.417 e. The third-order valence-corrected chi connectivity index (χ3v) is 23.0. The Morgan fingerprint density at radius 3 is 1.98 bits per heavy atom. The van der Waals surface area contributed by atoms with E-state index in [0.29, 0.717) is 16.3 Å². The van der Waals surface area contributed by atoms with Crippen LogP contribution in [-0.2, 0) is 23.2 Å². The van der Waals surface area contributed by atoms with E-state index in [1.165, 1.54) is 6.26 Å². The first-order chi connectivity index (χ1) is 19.3. The summed E-state index contributed by atoms with van der Waals surface area (Å²) in [6.45, 7) is 28.9. The van der Waals surface area contributed by atoms with Crippen LogP contribution in [0.5, 0.6) is 0 Å². The van der Waals surface area contributed by atoms with Crippen molar-refractivity contribution in [2.45, 2.75) is 143 Å². The summed E-state index contributed by atoms with van der Waals surface area (Å²) >= 11 is 12.9. The van der Waals surface area contributed by atoms with Gasteiger partial charge in [0, 0.05) is 12.7 Å². The molecule has 0 radical (unpaired) electrons. The number of halogens is 2. The third kappa shape index (κ3) is 8.18. The normalized spacial score (nSPS) is 34.8. The molecule has 3 aliphatic rings. The molecule has 3 fully saturated rings. The van der Waals surface area contributed by atoms with Crippen molar-refractivity contribution in [3.8, 4) is 0 Å². The first kappa shape index (κ1) is 38.0. The van der Waals surface area contributed by atoms with Crippen molar-refractivity contribution in [1.82, 2.24) is 0 Å². The third-order valence-electron chi connectivity index (χ3n) is 13.0. The van der Waals surface area contributed by atoms with E-state index in [4.69, 9.17) is 36.2 Å². The Balaban J connectivity index is 2.01. The number of fused-ring (bicyclic) bond motifs is 1. The summed E-state index contributed by atoms with van der Waals surface area (Å²) in [6, 6.07) is 0. The van der Waals surface area contributed by atoms with E-state index in [2.05, 4.69) is 81.6 Å². The molecule has 0 spiro atoms. The van der Waals surface area contributed by atoms with Gasteiger partial charge in [-0.3, -0.25) is 4.18 Å². The van der Waals surface area contributed by atoms with Crippen LogP contribution in [-0.4, -0.2) is 50.6 Å². The van der Waals surface area contributed by atoms with E-state index in [1.54, 1.807) is 0 Å². The Hall–Kier alpha value is 0.584. The minimum atomic E-state index is -3.58. The fraction of sp³-hybridized carbons (Fsp3) is 0.939. The van der Waals surface area contributed by atoms with Gasteiger partial charge < -0.3 is 8.85 Å². The predicted molar refractivity (Wildman–Crippen MR) is 187 cm³/mol. The Labute approximate surface area is 277 Å². The van der Waals surface area contributed by atoms with Crippen LogP contribution in [0.15, 0.2) is 10.1 Å². The molecule has 7 atom stereocenters. The maximum Gasteiger partial charge on any atom is 0.264 e. The molecule has 0 aliphatic heterocycles. The van der Waals surface area contributed by atoms with Crippen molar-refractivity contribution in [2.75, 3.05) is 19.5 Å². The molecule has 2 unspecified atom stereocenters. The van der Waals surface area contributed by atoms with Crippen LogP contribution in [0.1, 0.15) is 100 Å². The van der Waals surface area contributed by atoms with Crippen molar-refractivity contribution in [1.29, 1.82) is 0 Å². The smallest absolute Gasteiger partial charge is 0.264 e. The second-order valence-electron chi connectivity index (χ2n) is 17.6. The van der Waals surface area contributed by atoms with Crippen molar-refractivity contribution >= 4 is 50.0 Å². The van der Waals surface area contributed by atoms with Crippen LogP contribution < -0.4 is 0 Å². The van der Waals surface area contributed by atoms with Crippen molar-refractivity contribution < 1.29 is 21.5 Å². The quantitative estimate of drug-likeness (QED) is 0.177. The summed E-state index contributed by atoms with van der Waals surface area (Å²) in [5.41, 5.74) is 0.977. The fourth-order valence-electron chi connectivity index (χ4n) is 8.02. The lowest BCUT2D eigenvalue weighted by Gasteiger charge is -2.57. The molecule has 0 aromatic carbocycles. The summed E-state index contributed by atoms with van der Waals surface area (Å²) in [7, 11) is -7.50. The average molecular weight is 698 g/mol. The summed E-state index contributed by atoms with van der Waals surface area (Å²) in [4.78, 5) is 0. The highest BCUT2D eigenvalue weighted by atomic mass is 35.5. The van der Waals surface area contributed by atoms with Crippen LogP contribution >= 0.6 is 23.2 Å². The zero-order chi connectivity index (χ0) is 33.0. The molecule has 0 saturated heterocycles. The molecule has 43 heavy (non-hydrogen) atoms. The molecule has 0 N–H and O–H groups in total. The van der Waals surface area contributed by atoms with Gasteiger partial charge in [-0.2, -0.15) is 8.42 Å². The molecule has 3 saturated carbocycles. The lowest BCUT2D eigenvalue weighted by molar-refractivity contribution is -0.0985. The zero-order valence-electron chi connectivity index (χ0n) is 29.5. The highest BCUT2D eigenvalue weighted by Gasteiger charge is 2.58.